The van der Waals surface area contributed by atoms with Crippen molar-refractivity contribution in [2.75, 3.05) is 11.9 Å². The quantitative estimate of drug-likeness (QED) is 0.706. The van der Waals surface area contributed by atoms with Gasteiger partial charge in [-0.3, -0.25) is 4.79 Å². The minimum atomic E-state index is -0.187. The van der Waals surface area contributed by atoms with Crippen LogP contribution in [0, 0.1) is 5.92 Å². The third kappa shape index (κ3) is 4.66. The van der Waals surface area contributed by atoms with Crippen LogP contribution >= 0.6 is 0 Å². The first kappa shape index (κ1) is 17.6. The number of tetrazole rings is 1. The van der Waals surface area contributed by atoms with Gasteiger partial charge in [0.15, 0.2) is 0 Å². The minimum absolute atomic E-state index is 0.187. The van der Waals surface area contributed by atoms with Crippen LogP contribution in [-0.2, 0) is 0 Å². The number of carbonyl (C=O) groups excluding carboxylic acids is 1. The zero-order valence-electron chi connectivity index (χ0n) is 14.8. The number of rotatable bonds is 7. The highest BCUT2D eigenvalue weighted by Crippen LogP contribution is 2.17. The lowest BCUT2D eigenvalue weighted by Crippen LogP contribution is -2.12. The van der Waals surface area contributed by atoms with Gasteiger partial charge >= 0.3 is 0 Å². The molecule has 0 fully saturated rings. The zero-order chi connectivity index (χ0) is 18.4. The first-order chi connectivity index (χ1) is 12.6. The van der Waals surface area contributed by atoms with Crippen LogP contribution < -0.4 is 10.1 Å². The summed E-state index contributed by atoms with van der Waals surface area (Å²) in [6, 6.07) is 14.4. The normalized spacial score (nSPS) is 10.7. The molecule has 0 aliphatic carbocycles. The summed E-state index contributed by atoms with van der Waals surface area (Å²) in [5, 5.41) is 13.9. The molecule has 0 aliphatic rings. The van der Waals surface area contributed by atoms with Crippen molar-refractivity contribution in [3.8, 4) is 11.4 Å². The van der Waals surface area contributed by atoms with Crippen LogP contribution in [-0.4, -0.2) is 32.7 Å². The highest BCUT2D eigenvalue weighted by Gasteiger charge is 2.08. The molecular formula is C19H21N5O2. The zero-order valence-corrected chi connectivity index (χ0v) is 14.8. The summed E-state index contributed by atoms with van der Waals surface area (Å²) in [4.78, 5) is 12.4. The number of nitrogens with one attached hydrogen (secondary N) is 1. The molecule has 1 amide bonds. The van der Waals surface area contributed by atoms with Gasteiger partial charge in [0, 0.05) is 11.3 Å². The lowest BCUT2D eigenvalue weighted by atomic mass is 10.1. The van der Waals surface area contributed by atoms with E-state index < -0.39 is 0 Å². The van der Waals surface area contributed by atoms with E-state index in [1.165, 1.54) is 11.0 Å². The van der Waals surface area contributed by atoms with Gasteiger partial charge in [-0.05, 0) is 65.2 Å². The molecule has 0 saturated heterocycles. The summed E-state index contributed by atoms with van der Waals surface area (Å²) in [7, 11) is 0. The van der Waals surface area contributed by atoms with Gasteiger partial charge in [0.1, 0.15) is 12.1 Å². The van der Waals surface area contributed by atoms with Gasteiger partial charge in [-0.2, -0.15) is 0 Å². The summed E-state index contributed by atoms with van der Waals surface area (Å²) in [5.41, 5.74) is 2.00. The molecule has 0 bridgehead atoms. The summed E-state index contributed by atoms with van der Waals surface area (Å²) < 4.78 is 7.20. The fourth-order valence-electron chi connectivity index (χ4n) is 2.32. The van der Waals surface area contributed by atoms with Crippen molar-refractivity contribution in [3.05, 3.63) is 60.4 Å². The van der Waals surface area contributed by atoms with Crippen LogP contribution in [0.2, 0.25) is 0 Å². The standard InChI is InChI=1S/C19H21N5O2/c1-14(2)10-11-26-18-8-6-15(7-9-18)19(25)21-16-4-3-5-17(12-16)24-13-20-22-23-24/h3-9,12-14H,10-11H2,1-2H3,(H,21,25). The molecule has 2 aromatic carbocycles. The van der Waals surface area contributed by atoms with E-state index in [9.17, 15) is 4.79 Å². The van der Waals surface area contributed by atoms with E-state index in [0.717, 1.165) is 17.9 Å². The van der Waals surface area contributed by atoms with Crippen molar-refractivity contribution in [1.82, 2.24) is 20.2 Å². The monoisotopic (exact) mass is 351 g/mol. The van der Waals surface area contributed by atoms with Crippen LogP contribution in [0.3, 0.4) is 0 Å². The smallest absolute Gasteiger partial charge is 0.255 e. The minimum Gasteiger partial charge on any atom is -0.494 e. The summed E-state index contributed by atoms with van der Waals surface area (Å²) in [5.74, 6) is 1.18. The van der Waals surface area contributed by atoms with Gasteiger partial charge in [0.2, 0.25) is 0 Å². The van der Waals surface area contributed by atoms with Crippen molar-refractivity contribution in [2.24, 2.45) is 5.92 Å². The molecule has 0 saturated carbocycles. The number of nitrogens with zero attached hydrogens (tertiary/aromatic N) is 4. The largest absolute Gasteiger partial charge is 0.494 e. The maximum Gasteiger partial charge on any atom is 0.255 e. The average Bonchev–Trinajstić information content (AvgIpc) is 3.17. The molecular weight excluding hydrogens is 330 g/mol. The maximum atomic E-state index is 12.4. The highest BCUT2D eigenvalue weighted by molar-refractivity contribution is 6.04. The molecule has 1 aromatic heterocycles. The van der Waals surface area contributed by atoms with Crippen LogP contribution in [0.15, 0.2) is 54.9 Å². The Kier molecular flexibility index (Phi) is 5.58. The van der Waals surface area contributed by atoms with E-state index in [1.807, 2.05) is 30.3 Å². The Bertz CT molecular complexity index is 845. The Morgan fingerprint density at radius 2 is 2.00 bits per heavy atom. The van der Waals surface area contributed by atoms with Gasteiger partial charge in [0.05, 0.1) is 12.3 Å². The van der Waals surface area contributed by atoms with E-state index in [2.05, 4.69) is 34.7 Å². The second-order valence-corrected chi connectivity index (χ2v) is 6.31. The molecule has 26 heavy (non-hydrogen) atoms. The lowest BCUT2D eigenvalue weighted by molar-refractivity contribution is 0.102. The molecule has 3 aromatic rings. The Balaban J connectivity index is 1.62. The summed E-state index contributed by atoms with van der Waals surface area (Å²) in [6.45, 7) is 4.99. The van der Waals surface area contributed by atoms with E-state index in [1.54, 1.807) is 18.2 Å². The van der Waals surface area contributed by atoms with Crippen molar-refractivity contribution < 1.29 is 9.53 Å². The van der Waals surface area contributed by atoms with E-state index in [0.29, 0.717) is 23.8 Å². The second kappa shape index (κ2) is 8.24. The fraction of sp³-hybridized carbons (Fsp3) is 0.263. The number of benzene rings is 2. The molecule has 0 atom stereocenters. The number of aromatic nitrogens is 4. The van der Waals surface area contributed by atoms with E-state index in [-0.39, 0.29) is 5.91 Å². The lowest BCUT2D eigenvalue weighted by Gasteiger charge is -2.09. The first-order valence-electron chi connectivity index (χ1n) is 8.49. The number of carbonyl (C=O) groups is 1. The number of amides is 1. The third-order valence-corrected chi connectivity index (χ3v) is 3.80. The molecule has 3 rings (SSSR count). The Labute approximate surface area is 152 Å². The molecule has 0 aliphatic heterocycles. The van der Waals surface area contributed by atoms with Gasteiger partial charge in [-0.25, -0.2) is 4.68 Å². The molecule has 0 radical (unpaired) electrons. The molecule has 1 heterocycles. The molecule has 134 valence electrons. The number of hydrogen-bond donors (Lipinski definition) is 1. The first-order valence-corrected chi connectivity index (χ1v) is 8.49. The number of hydrogen-bond acceptors (Lipinski definition) is 5. The number of anilines is 1. The van der Waals surface area contributed by atoms with Crippen LogP contribution in [0.4, 0.5) is 5.69 Å². The van der Waals surface area contributed by atoms with Gasteiger partial charge < -0.3 is 10.1 Å². The molecule has 7 nitrogen and oxygen atoms in total. The van der Waals surface area contributed by atoms with Crippen LogP contribution in [0.25, 0.3) is 5.69 Å². The average molecular weight is 351 g/mol. The van der Waals surface area contributed by atoms with E-state index in [4.69, 9.17) is 4.74 Å². The van der Waals surface area contributed by atoms with Gasteiger partial charge in [-0.1, -0.05) is 19.9 Å². The van der Waals surface area contributed by atoms with Crippen molar-refractivity contribution in [3.63, 3.8) is 0 Å². The third-order valence-electron chi connectivity index (χ3n) is 3.80. The molecule has 1 N–H and O–H groups in total. The van der Waals surface area contributed by atoms with Crippen molar-refractivity contribution >= 4 is 11.6 Å². The van der Waals surface area contributed by atoms with Crippen LogP contribution in [0.5, 0.6) is 5.75 Å². The molecule has 7 heteroatoms. The fourth-order valence-corrected chi connectivity index (χ4v) is 2.32. The SMILES string of the molecule is CC(C)CCOc1ccc(C(=O)Nc2cccc(-n3cnnn3)c2)cc1. The van der Waals surface area contributed by atoms with Crippen LogP contribution in [0.1, 0.15) is 30.6 Å². The maximum absolute atomic E-state index is 12.4. The Hall–Kier alpha value is -3.22. The van der Waals surface area contributed by atoms with Gasteiger partial charge in [0.25, 0.3) is 5.91 Å². The van der Waals surface area contributed by atoms with Crippen molar-refractivity contribution in [2.45, 2.75) is 20.3 Å². The highest BCUT2D eigenvalue weighted by atomic mass is 16.5. The molecule has 0 spiro atoms. The van der Waals surface area contributed by atoms with Gasteiger partial charge in [-0.15, -0.1) is 5.10 Å². The summed E-state index contributed by atoms with van der Waals surface area (Å²) in [6.07, 6.45) is 2.50. The Morgan fingerprint density at radius 3 is 2.69 bits per heavy atom. The predicted molar refractivity (Wildman–Crippen MR) is 98.5 cm³/mol. The molecule has 0 unspecified atom stereocenters. The van der Waals surface area contributed by atoms with Crippen molar-refractivity contribution in [1.29, 1.82) is 0 Å². The predicted octanol–water partition coefficient (Wildman–Crippen LogP) is 3.34. The van der Waals surface area contributed by atoms with E-state index >= 15 is 0 Å². The Morgan fingerprint density at radius 1 is 1.19 bits per heavy atom. The topological polar surface area (TPSA) is 81.9 Å². The number of ether oxygens (including phenoxy) is 1. The summed E-state index contributed by atoms with van der Waals surface area (Å²) >= 11 is 0. The second-order valence-electron chi connectivity index (χ2n) is 6.31.